The fraction of sp³-hybridized carbons (Fsp3) is 0.667. The number of hydrogen-bond donors (Lipinski definition) is 2. The third-order valence-electron chi connectivity index (χ3n) is 5.31. The quantitative estimate of drug-likeness (QED) is 0.855. The Balaban J connectivity index is 1.41. The van der Waals surface area contributed by atoms with Crippen LogP contribution in [0, 0.1) is 0 Å². The van der Waals surface area contributed by atoms with E-state index in [0.29, 0.717) is 17.1 Å². The van der Waals surface area contributed by atoms with E-state index in [4.69, 9.17) is 0 Å². The van der Waals surface area contributed by atoms with Gasteiger partial charge >= 0.3 is 0 Å². The van der Waals surface area contributed by atoms with E-state index < -0.39 is 0 Å². The molecule has 0 bridgehead atoms. The summed E-state index contributed by atoms with van der Waals surface area (Å²) in [7, 11) is 0. The number of likely N-dealkylation sites (tertiary alicyclic amines) is 1. The van der Waals surface area contributed by atoms with Crippen LogP contribution in [0.4, 0.5) is 11.1 Å². The van der Waals surface area contributed by atoms with E-state index in [0.717, 1.165) is 29.4 Å². The fourth-order valence-electron chi connectivity index (χ4n) is 4.09. The molecule has 2 aromatic rings. The number of nitrogens with one attached hydrogen (secondary N) is 2. The van der Waals surface area contributed by atoms with Gasteiger partial charge in [-0.25, -0.2) is 15.0 Å². The van der Waals surface area contributed by atoms with Crippen LogP contribution in [0.1, 0.15) is 51.9 Å². The molecule has 4 rings (SSSR count). The third kappa shape index (κ3) is 4.12. The summed E-state index contributed by atoms with van der Waals surface area (Å²) in [5.74, 6) is 0.534. The molecule has 2 N–H and O–H groups in total. The normalized spacial score (nSPS) is 22.4. The average Bonchev–Trinajstić information content (AvgIpc) is 3.03. The molecule has 0 radical (unpaired) electrons. The Kier molecular flexibility index (Phi) is 5.31. The minimum atomic E-state index is -0.125. The van der Waals surface area contributed by atoms with Crippen molar-refractivity contribution in [2.24, 2.45) is 0 Å². The highest BCUT2D eigenvalue weighted by atomic mass is 32.1. The standard InChI is InChI=1S/C18H26N6OS/c1-12(25)20-18-22-15-10-19-17(23-16(15)26-18)21-13-6-5-9-24(11-13)14-7-3-2-4-8-14/h10,13-14H,2-9,11H2,1H3,(H,19,21,23)(H,20,22,25). The summed E-state index contributed by atoms with van der Waals surface area (Å²) in [6.07, 6.45) is 11.0. The van der Waals surface area contributed by atoms with Gasteiger partial charge in [0.05, 0.1) is 6.20 Å². The van der Waals surface area contributed by atoms with E-state index >= 15 is 0 Å². The highest BCUT2D eigenvalue weighted by Crippen LogP contribution is 2.27. The van der Waals surface area contributed by atoms with Crippen molar-refractivity contribution in [1.82, 2.24) is 19.9 Å². The van der Waals surface area contributed by atoms with Crippen molar-refractivity contribution in [2.75, 3.05) is 23.7 Å². The van der Waals surface area contributed by atoms with Crippen LogP contribution in [0.2, 0.25) is 0 Å². The van der Waals surface area contributed by atoms with Gasteiger partial charge in [0.2, 0.25) is 11.9 Å². The number of piperidine rings is 1. The summed E-state index contributed by atoms with van der Waals surface area (Å²) in [6, 6.07) is 1.16. The molecule has 26 heavy (non-hydrogen) atoms. The van der Waals surface area contributed by atoms with Crippen molar-refractivity contribution in [2.45, 2.75) is 64.0 Å². The van der Waals surface area contributed by atoms with E-state index in [9.17, 15) is 4.79 Å². The second-order valence-corrected chi connectivity index (χ2v) is 8.33. The summed E-state index contributed by atoms with van der Waals surface area (Å²) in [5.41, 5.74) is 0.719. The van der Waals surface area contributed by atoms with Gasteiger partial charge in [-0.3, -0.25) is 9.69 Å². The second-order valence-electron chi connectivity index (χ2n) is 7.35. The van der Waals surface area contributed by atoms with E-state index in [1.54, 1.807) is 6.20 Å². The highest BCUT2D eigenvalue weighted by Gasteiger charge is 2.27. The molecule has 140 valence electrons. The first kappa shape index (κ1) is 17.6. The highest BCUT2D eigenvalue weighted by molar-refractivity contribution is 7.21. The average molecular weight is 375 g/mol. The molecule has 8 heteroatoms. The number of hydrogen-bond acceptors (Lipinski definition) is 7. The lowest BCUT2D eigenvalue weighted by atomic mass is 9.92. The maximum Gasteiger partial charge on any atom is 0.224 e. The molecule has 3 heterocycles. The molecule has 1 atom stereocenters. The molecule has 1 unspecified atom stereocenters. The number of carbonyl (C=O) groups is 1. The van der Waals surface area contributed by atoms with Gasteiger partial charge in [-0.05, 0) is 32.2 Å². The van der Waals surface area contributed by atoms with Crippen molar-refractivity contribution in [3.05, 3.63) is 6.20 Å². The second kappa shape index (κ2) is 7.84. The first-order valence-corrected chi connectivity index (χ1v) is 10.4. The van der Waals surface area contributed by atoms with Crippen LogP contribution in [0.5, 0.6) is 0 Å². The Morgan fingerprint density at radius 3 is 2.85 bits per heavy atom. The molecule has 1 saturated carbocycles. The molecule has 7 nitrogen and oxygen atoms in total. The minimum Gasteiger partial charge on any atom is -0.350 e. The van der Waals surface area contributed by atoms with Gasteiger partial charge in [-0.1, -0.05) is 30.6 Å². The van der Waals surface area contributed by atoms with Gasteiger partial charge in [0.1, 0.15) is 5.52 Å². The van der Waals surface area contributed by atoms with Crippen LogP contribution in [0.3, 0.4) is 0 Å². The Labute approximate surface area is 157 Å². The summed E-state index contributed by atoms with van der Waals surface area (Å²) >= 11 is 1.38. The molecule has 1 saturated heterocycles. The maximum atomic E-state index is 11.2. The number of carbonyl (C=O) groups excluding carboxylic acids is 1. The largest absolute Gasteiger partial charge is 0.350 e. The molecular weight excluding hydrogens is 348 g/mol. The molecule has 1 amide bonds. The number of thiazole rings is 1. The summed E-state index contributed by atoms with van der Waals surface area (Å²) in [5, 5.41) is 6.80. The molecular formula is C18H26N6OS. The van der Waals surface area contributed by atoms with Gasteiger partial charge in [0.25, 0.3) is 0 Å². The zero-order valence-electron chi connectivity index (χ0n) is 15.2. The van der Waals surface area contributed by atoms with Crippen LogP contribution in [0.15, 0.2) is 6.20 Å². The van der Waals surface area contributed by atoms with Gasteiger partial charge in [0.15, 0.2) is 9.96 Å². The summed E-state index contributed by atoms with van der Waals surface area (Å²) in [6.45, 7) is 3.77. The van der Waals surface area contributed by atoms with E-state index in [-0.39, 0.29) is 5.91 Å². The first-order chi connectivity index (χ1) is 12.7. The molecule has 0 aromatic carbocycles. The van der Waals surface area contributed by atoms with Crippen LogP contribution in [-0.4, -0.2) is 50.9 Å². The Morgan fingerprint density at radius 2 is 2.04 bits per heavy atom. The van der Waals surface area contributed by atoms with Gasteiger partial charge in [-0.2, -0.15) is 0 Å². The van der Waals surface area contributed by atoms with Gasteiger partial charge in [0, 0.05) is 25.6 Å². The summed E-state index contributed by atoms with van der Waals surface area (Å²) in [4.78, 5) is 28.0. The summed E-state index contributed by atoms with van der Waals surface area (Å²) < 4.78 is 0. The number of amides is 1. The third-order valence-corrected chi connectivity index (χ3v) is 6.19. The van der Waals surface area contributed by atoms with Crippen molar-refractivity contribution < 1.29 is 4.79 Å². The molecule has 2 aliphatic rings. The molecule has 1 aliphatic carbocycles. The predicted octanol–water partition coefficient (Wildman–Crippen LogP) is 3.25. The Hall–Kier alpha value is -1.80. The lowest BCUT2D eigenvalue weighted by molar-refractivity contribution is -0.114. The van der Waals surface area contributed by atoms with E-state index in [2.05, 4.69) is 30.5 Å². The molecule has 0 spiro atoms. The number of fused-ring (bicyclic) bond motifs is 1. The van der Waals surface area contributed by atoms with Crippen LogP contribution in [-0.2, 0) is 4.79 Å². The molecule has 2 fully saturated rings. The molecule has 1 aliphatic heterocycles. The van der Waals surface area contributed by atoms with Gasteiger partial charge in [-0.15, -0.1) is 0 Å². The number of aromatic nitrogens is 3. The fourth-order valence-corrected chi connectivity index (χ4v) is 4.95. The minimum absolute atomic E-state index is 0.125. The SMILES string of the molecule is CC(=O)Nc1nc2cnc(NC3CCCN(C4CCCCC4)C3)nc2s1. The van der Waals surface area contributed by atoms with E-state index in [1.165, 1.54) is 63.3 Å². The molecule has 2 aromatic heterocycles. The number of anilines is 2. The van der Waals surface area contributed by atoms with Crippen LogP contribution in [0.25, 0.3) is 10.3 Å². The lowest BCUT2D eigenvalue weighted by Crippen LogP contribution is -2.47. The van der Waals surface area contributed by atoms with E-state index in [1.807, 2.05) is 0 Å². The zero-order valence-corrected chi connectivity index (χ0v) is 16.0. The van der Waals surface area contributed by atoms with Crippen molar-refractivity contribution in [1.29, 1.82) is 0 Å². The monoisotopic (exact) mass is 374 g/mol. The maximum absolute atomic E-state index is 11.2. The number of nitrogens with zero attached hydrogens (tertiary/aromatic N) is 4. The smallest absolute Gasteiger partial charge is 0.224 e. The topological polar surface area (TPSA) is 83.0 Å². The Morgan fingerprint density at radius 1 is 1.19 bits per heavy atom. The Bertz CT molecular complexity index is 772. The van der Waals surface area contributed by atoms with Crippen LogP contribution >= 0.6 is 11.3 Å². The van der Waals surface area contributed by atoms with Crippen molar-refractivity contribution in [3.63, 3.8) is 0 Å². The van der Waals surface area contributed by atoms with Crippen molar-refractivity contribution in [3.8, 4) is 0 Å². The number of rotatable bonds is 4. The lowest BCUT2D eigenvalue weighted by Gasteiger charge is -2.40. The predicted molar refractivity (Wildman–Crippen MR) is 105 cm³/mol. The van der Waals surface area contributed by atoms with Crippen molar-refractivity contribution >= 4 is 38.7 Å². The van der Waals surface area contributed by atoms with Crippen LogP contribution < -0.4 is 10.6 Å². The van der Waals surface area contributed by atoms with Gasteiger partial charge < -0.3 is 10.6 Å². The zero-order chi connectivity index (χ0) is 17.9. The first-order valence-electron chi connectivity index (χ1n) is 9.59.